The summed E-state index contributed by atoms with van der Waals surface area (Å²) >= 11 is 13.8. The Morgan fingerprint density at radius 1 is 0.577 bits per heavy atom. The van der Waals surface area contributed by atoms with E-state index in [4.69, 9.17) is 10.2 Å². The summed E-state index contributed by atoms with van der Waals surface area (Å²) in [6.45, 7) is 24.7. The Hall–Kier alpha value is -6.00. The van der Waals surface area contributed by atoms with Crippen LogP contribution in [0.2, 0.25) is 0 Å². The van der Waals surface area contributed by atoms with Gasteiger partial charge in [0.2, 0.25) is 29.5 Å². The molecule has 0 radical (unpaired) electrons. The van der Waals surface area contributed by atoms with E-state index >= 15 is 0 Å². The van der Waals surface area contributed by atoms with Gasteiger partial charge in [-0.2, -0.15) is 25.3 Å². The summed E-state index contributed by atoms with van der Waals surface area (Å²) in [5, 5.41) is 104. The topological polar surface area (TPSA) is 572 Å². The minimum absolute atomic E-state index is 0.000833. The van der Waals surface area contributed by atoms with Crippen molar-refractivity contribution < 1.29 is 135 Å². The smallest absolute Gasteiger partial charge is 0.303 e. The second kappa shape index (κ2) is 38.5. The van der Waals surface area contributed by atoms with Crippen LogP contribution in [0.4, 0.5) is 0 Å². The van der Waals surface area contributed by atoms with Crippen LogP contribution < -0.4 is 63.4 Å². The zero-order chi connectivity index (χ0) is 75.7. The van der Waals surface area contributed by atoms with E-state index in [1.807, 2.05) is 48.5 Å². The van der Waals surface area contributed by atoms with Crippen molar-refractivity contribution in [3.05, 3.63) is 22.5 Å². The molecule has 15 atom stereocenters. The molecule has 0 aromatic heterocycles. The number of hydrogen-bond acceptors (Lipinski definition) is 29. The number of β-lactam (4-membered cyclic amide) rings is 4. The number of amides is 5. The lowest BCUT2D eigenvalue weighted by molar-refractivity contribution is -0.446. The van der Waals surface area contributed by atoms with E-state index < -0.39 is 99.5 Å². The SMILES string of the molecule is CC(C)[C@@H](NC(=O)[C@@H](C)CS)C(=O)[O-].CC(C)[C@H]([NH3+])C(=O)[O-].CC1=C(C(=O)[O-])N2C(=O)[C@@H](C)[C@H]2SC1.C[C@@H]1C(=O)N2C(C(=O)[O-])=C(CO)CS[C@H]12.C[C@@H]1C(=O)N2[C@@H]1SC(C)(C)[C@@H]2C(=O)[O-].C[C@@H]1C(=O)N2[C@@H]1SC(C)(C)[C@@H]2C(=O)[O-].[NH3+][C@@H](CCCC(=O)O)C(=O)[O-].[NH3+][C@@H](CS)C(=O)[O-]. The van der Waals surface area contributed by atoms with E-state index in [1.54, 1.807) is 83.8 Å². The van der Waals surface area contributed by atoms with Gasteiger partial charge in [-0.25, -0.2) is 0 Å². The van der Waals surface area contributed by atoms with Crippen molar-refractivity contribution in [1.82, 2.24) is 24.9 Å². The molecule has 6 saturated heterocycles. The van der Waals surface area contributed by atoms with Crippen LogP contribution in [0.3, 0.4) is 0 Å². The number of hydrogen-bond donors (Lipinski definition) is 8. The Kier molecular flexibility index (Phi) is 35.4. The standard InChI is InChI=1S/C9H11NO4S.2C9H13NO3S.C9H11NO3S.C9H17NO3S.C6H11NO4.C5H11NO2.C3H7NO2S/c1-4-7(12)10-6(9(13)14)5(2-11)3-15-8(4)10;2*1-4-6(11)10-5(8(12)13)9(2,3)14-7(4)10;1-4-3-14-8-5(2)7(11)10(8)6(4)9(12)13;1-5(2)7(9(12)13)10-8(11)6(3)4-14;7-4(6(10)11)2-1-3-5(8)9;1-3(2)4(6)5(7)8;4-2(1-7)3(5)6/h4,8,11H,2-3H2,1H3,(H,13,14);2*4-5,7H,1-3H3,(H,12,13);5,8H,3H2,1-2H3,(H,12,13);5-7,14H,4H2,1-3H3,(H,10,11)(H,12,13);4H,1-3,7H2,(H,8,9)(H,10,11);3-4H,6H2,1-2H3,(H,7,8);2,7H,1,4H2,(H,5,6)/p-5/t4-,8-;2*4-,5+,7-;5-,8-;6-,7+;2*4-;2-/m11110000/s1. The Labute approximate surface area is 589 Å². The largest absolute Gasteiger partial charge is 0.548 e. The quantitative estimate of drug-likeness (QED) is 0.0440. The number of carboxylic acids is 9. The van der Waals surface area contributed by atoms with Crippen LogP contribution in [0.15, 0.2) is 22.5 Å². The molecule has 8 rings (SSSR count). The molecule has 0 bridgehead atoms. The van der Waals surface area contributed by atoms with Crippen LogP contribution in [-0.4, -0.2) is 210 Å². The number of nitrogens with zero attached hydrogens (tertiary/aromatic N) is 4. The van der Waals surface area contributed by atoms with Gasteiger partial charge in [-0.3, -0.25) is 38.6 Å². The van der Waals surface area contributed by atoms with E-state index in [2.05, 4.69) is 47.8 Å². The lowest BCUT2D eigenvalue weighted by Crippen LogP contribution is -2.70. The van der Waals surface area contributed by atoms with Gasteiger partial charge in [-0.15, -0.1) is 47.0 Å². The van der Waals surface area contributed by atoms with Crippen molar-refractivity contribution in [2.24, 2.45) is 41.4 Å². The number of aliphatic hydroxyl groups excluding tert-OH is 1. The Morgan fingerprint density at radius 3 is 1.26 bits per heavy atom. The van der Waals surface area contributed by atoms with Crippen LogP contribution in [0.25, 0.3) is 0 Å². The second-order valence-electron chi connectivity index (χ2n) is 25.2. The number of aliphatic hydroxyl groups is 1. The van der Waals surface area contributed by atoms with Crippen molar-refractivity contribution >= 4 is 156 Å². The minimum Gasteiger partial charge on any atom is -0.548 e. The van der Waals surface area contributed by atoms with Gasteiger partial charge in [-0.05, 0) is 58.1 Å². The summed E-state index contributed by atoms with van der Waals surface area (Å²) in [7, 11) is 0. The first-order valence-electron chi connectivity index (χ1n) is 30.3. The van der Waals surface area contributed by atoms with E-state index in [9.17, 15) is 108 Å². The highest BCUT2D eigenvalue weighted by Crippen LogP contribution is 2.54. The van der Waals surface area contributed by atoms with Gasteiger partial charge in [0.15, 0.2) is 0 Å². The molecule has 32 nitrogen and oxygen atoms in total. The summed E-state index contributed by atoms with van der Waals surface area (Å²) in [5.41, 5.74) is 10.9. The molecule has 6 fully saturated rings. The average molecular weight is 1490 g/mol. The third-order valence-corrected chi connectivity index (χ3v) is 23.5. The highest BCUT2D eigenvalue weighted by molar-refractivity contribution is 8.02. The molecule has 5 amide bonds. The molecule has 0 unspecified atom stereocenters. The van der Waals surface area contributed by atoms with Gasteiger partial charge >= 0.3 is 5.97 Å². The maximum absolute atomic E-state index is 11.5. The predicted octanol–water partition coefficient (Wildman–Crippen LogP) is -10.7. The zero-order valence-electron chi connectivity index (χ0n) is 56.3. The molecule has 38 heteroatoms. The number of quaternary nitrogens is 3. The number of thiol groups is 2. The number of carboxylic acid groups (broad SMARTS) is 9. The number of thioether (sulfide) groups is 4. The predicted molar refractivity (Wildman–Crippen MR) is 342 cm³/mol. The molecular weight excluding hydrogens is 1400 g/mol. The Morgan fingerprint density at radius 2 is 0.969 bits per heavy atom. The molecule has 8 aliphatic heterocycles. The first-order chi connectivity index (χ1) is 44.5. The van der Waals surface area contributed by atoms with Gasteiger partial charge < -0.3 is 122 Å². The molecule has 0 aromatic rings. The lowest BCUT2D eigenvalue weighted by atomic mass is 9.93. The van der Waals surface area contributed by atoms with Crippen molar-refractivity contribution in [3.63, 3.8) is 0 Å². The molecule has 550 valence electrons. The van der Waals surface area contributed by atoms with Crippen molar-refractivity contribution in [2.75, 3.05) is 29.6 Å². The minimum atomic E-state index is -1.38. The van der Waals surface area contributed by atoms with Gasteiger partial charge in [0.05, 0.1) is 129 Å². The molecule has 97 heavy (non-hydrogen) atoms. The monoisotopic (exact) mass is 1490 g/mol. The fourth-order valence-electron chi connectivity index (χ4n) is 9.88. The first-order valence-corrected chi connectivity index (χ1v) is 35.5. The van der Waals surface area contributed by atoms with E-state index in [0.717, 1.165) is 0 Å². The third-order valence-electron chi connectivity index (χ3n) is 16.1. The molecule has 8 aliphatic rings. The normalized spacial score (nSPS) is 26.2. The summed E-state index contributed by atoms with van der Waals surface area (Å²) in [5.74, 6) is -10.3. The summed E-state index contributed by atoms with van der Waals surface area (Å²) < 4.78 is -0.881. The number of nitrogens with one attached hydrogen (secondary N) is 1. The first kappa shape index (κ1) is 89.0. The van der Waals surface area contributed by atoms with E-state index in [0.29, 0.717) is 34.8 Å². The van der Waals surface area contributed by atoms with Gasteiger partial charge in [-0.1, -0.05) is 62.3 Å². The number of carbonyl (C=O) groups is 14. The Balaban J connectivity index is 0.000000560. The van der Waals surface area contributed by atoms with Crippen molar-refractivity contribution in [1.29, 1.82) is 0 Å². The van der Waals surface area contributed by atoms with Gasteiger partial charge in [0.25, 0.3) is 0 Å². The molecule has 0 aliphatic carbocycles. The van der Waals surface area contributed by atoms with Gasteiger partial charge in [0.1, 0.15) is 18.1 Å². The van der Waals surface area contributed by atoms with Crippen molar-refractivity contribution in [3.8, 4) is 0 Å². The number of aliphatic carboxylic acids is 9. The highest BCUT2D eigenvalue weighted by atomic mass is 32.2. The maximum atomic E-state index is 11.5. The van der Waals surface area contributed by atoms with Crippen molar-refractivity contribution in [2.45, 2.75) is 183 Å². The lowest BCUT2D eigenvalue weighted by Gasteiger charge is -2.49. The number of carbonyl (C=O) groups excluding carboxylic acids is 13. The molecule has 0 aromatic carbocycles. The van der Waals surface area contributed by atoms with Crippen LogP contribution in [0.5, 0.6) is 0 Å². The number of fused-ring (bicyclic) bond motifs is 4. The van der Waals surface area contributed by atoms with E-state index in [1.165, 1.54) is 31.4 Å². The van der Waals surface area contributed by atoms with E-state index in [-0.39, 0.29) is 129 Å². The van der Waals surface area contributed by atoms with Crippen LogP contribution >= 0.6 is 72.3 Å². The molecule has 8 heterocycles. The van der Waals surface area contributed by atoms with Gasteiger partial charge in [0, 0.05) is 57.2 Å². The maximum Gasteiger partial charge on any atom is 0.303 e. The zero-order valence-corrected chi connectivity index (χ0v) is 61.3. The number of rotatable bonds is 19. The fourth-order valence-corrected chi connectivity index (χ4v) is 16.1. The fraction of sp³-hybridized carbons (Fsp3) is 0.695. The molecule has 0 saturated carbocycles. The molecule has 12 N–H and O–H groups in total. The second-order valence-corrected chi connectivity index (χ2v) is 31.7. The van der Waals surface area contributed by atoms with Crippen LogP contribution in [0.1, 0.15) is 116 Å². The molecule has 0 spiro atoms. The highest BCUT2D eigenvalue weighted by Gasteiger charge is 2.61. The summed E-state index contributed by atoms with van der Waals surface area (Å²) in [6, 6.07) is -4.53. The summed E-state index contributed by atoms with van der Waals surface area (Å²) in [6.07, 6.45) is 0.575. The van der Waals surface area contributed by atoms with Crippen LogP contribution in [-0.2, 0) is 67.1 Å². The third kappa shape index (κ3) is 23.0. The average Bonchev–Trinajstić information content (AvgIpc) is 1.65. The summed E-state index contributed by atoms with van der Waals surface area (Å²) in [4.78, 5) is 157. The molecular formula is C59H89N8O24S6-5. The Bertz CT molecular complexity index is 2940. The van der Waals surface area contributed by atoms with Crippen LogP contribution in [0, 0.1) is 41.4 Å².